The maximum atomic E-state index is 12.4. The number of amides is 1. The van der Waals surface area contributed by atoms with E-state index in [1.807, 2.05) is 25.7 Å². The highest BCUT2D eigenvalue weighted by Gasteiger charge is 2.36. The first-order chi connectivity index (χ1) is 12.2. The van der Waals surface area contributed by atoms with Crippen LogP contribution in [0.15, 0.2) is 0 Å². The summed E-state index contributed by atoms with van der Waals surface area (Å²) in [5.74, 6) is 0. The number of carbonyl (C=O) groups excluding carboxylic acids is 1. The molecule has 2 N–H and O–H groups in total. The van der Waals surface area contributed by atoms with Crippen LogP contribution < -0.4 is 5.73 Å². The van der Waals surface area contributed by atoms with Gasteiger partial charge in [0, 0.05) is 18.1 Å². The van der Waals surface area contributed by atoms with Gasteiger partial charge in [0.15, 0.2) is 0 Å². The Labute approximate surface area is 158 Å². The Hall–Kier alpha value is -0.850. The molecule has 1 aliphatic carbocycles. The maximum absolute atomic E-state index is 12.4. The van der Waals surface area contributed by atoms with Gasteiger partial charge in [-0.3, -0.25) is 0 Å². The molecule has 1 heterocycles. The van der Waals surface area contributed by atoms with E-state index in [0.717, 1.165) is 38.5 Å². The Kier molecular flexibility index (Phi) is 7.74. The summed E-state index contributed by atoms with van der Waals surface area (Å²) in [5, 5.41) is 0. The number of ether oxygens (including phenoxy) is 3. The minimum absolute atomic E-state index is 0.111. The smallest absolute Gasteiger partial charge is 0.410 e. The second-order valence-electron chi connectivity index (χ2n) is 8.96. The number of rotatable bonds is 5. The van der Waals surface area contributed by atoms with Crippen LogP contribution in [0.25, 0.3) is 0 Å². The van der Waals surface area contributed by atoms with Gasteiger partial charge in [0.1, 0.15) is 5.60 Å². The van der Waals surface area contributed by atoms with Gasteiger partial charge in [-0.1, -0.05) is 0 Å². The van der Waals surface area contributed by atoms with Gasteiger partial charge in [-0.05, 0) is 73.1 Å². The molecule has 2 aliphatic rings. The number of piperidine rings is 1. The molecule has 0 aromatic rings. The summed E-state index contributed by atoms with van der Waals surface area (Å²) >= 11 is 0. The maximum Gasteiger partial charge on any atom is 0.410 e. The van der Waals surface area contributed by atoms with Crippen molar-refractivity contribution in [3.8, 4) is 0 Å². The second-order valence-corrected chi connectivity index (χ2v) is 8.96. The number of nitrogens with two attached hydrogens (primary N) is 1. The average molecular weight is 371 g/mol. The van der Waals surface area contributed by atoms with Crippen molar-refractivity contribution in [2.45, 2.75) is 109 Å². The third-order valence-electron chi connectivity index (χ3n) is 5.27. The molecule has 1 saturated heterocycles. The fourth-order valence-corrected chi connectivity index (χ4v) is 4.01. The first kappa shape index (κ1) is 21.5. The van der Waals surface area contributed by atoms with Crippen LogP contribution in [0.3, 0.4) is 0 Å². The lowest BCUT2D eigenvalue weighted by molar-refractivity contribution is -0.0690. The Bertz CT molecular complexity index is 432. The zero-order valence-corrected chi connectivity index (χ0v) is 17.2. The van der Waals surface area contributed by atoms with E-state index < -0.39 is 5.60 Å². The SMILES string of the molecule is CC1CC(OCCO[C@H]2CC[C@H](N)CC2)CC(C)N1C(=O)OC(C)(C)C. The number of likely N-dealkylation sites (tertiary alicyclic amines) is 1. The van der Waals surface area contributed by atoms with Crippen LogP contribution in [0.5, 0.6) is 0 Å². The Morgan fingerprint density at radius 2 is 1.46 bits per heavy atom. The third kappa shape index (κ3) is 6.71. The van der Waals surface area contributed by atoms with Gasteiger partial charge in [0.25, 0.3) is 0 Å². The van der Waals surface area contributed by atoms with Gasteiger partial charge in [-0.15, -0.1) is 0 Å². The van der Waals surface area contributed by atoms with Gasteiger partial charge in [0.05, 0.1) is 25.4 Å². The van der Waals surface area contributed by atoms with E-state index in [1.54, 1.807) is 0 Å². The predicted octanol–water partition coefficient (Wildman–Crippen LogP) is 3.47. The number of hydrogen-bond acceptors (Lipinski definition) is 5. The van der Waals surface area contributed by atoms with Crippen molar-refractivity contribution in [1.82, 2.24) is 4.90 Å². The van der Waals surface area contributed by atoms with Crippen LogP contribution in [0, 0.1) is 0 Å². The molecule has 2 atom stereocenters. The molecule has 1 saturated carbocycles. The van der Waals surface area contributed by atoms with E-state index in [-0.39, 0.29) is 24.3 Å². The highest BCUT2D eigenvalue weighted by molar-refractivity contribution is 5.69. The minimum Gasteiger partial charge on any atom is -0.444 e. The van der Waals surface area contributed by atoms with Crippen LogP contribution in [0.1, 0.15) is 73.1 Å². The van der Waals surface area contributed by atoms with Crippen molar-refractivity contribution in [1.29, 1.82) is 0 Å². The van der Waals surface area contributed by atoms with Crippen molar-refractivity contribution >= 4 is 6.09 Å². The zero-order chi connectivity index (χ0) is 19.3. The molecule has 152 valence electrons. The molecule has 6 nitrogen and oxygen atoms in total. The van der Waals surface area contributed by atoms with E-state index in [2.05, 4.69) is 13.8 Å². The second kappa shape index (κ2) is 9.38. The lowest BCUT2D eigenvalue weighted by Crippen LogP contribution is -2.53. The molecule has 6 heteroatoms. The molecule has 0 spiro atoms. The largest absolute Gasteiger partial charge is 0.444 e. The third-order valence-corrected chi connectivity index (χ3v) is 5.27. The van der Waals surface area contributed by atoms with Crippen molar-refractivity contribution in [3.05, 3.63) is 0 Å². The molecule has 2 rings (SSSR count). The molecule has 0 aromatic carbocycles. The Morgan fingerprint density at radius 3 is 1.96 bits per heavy atom. The Balaban J connectivity index is 1.69. The van der Waals surface area contributed by atoms with E-state index in [9.17, 15) is 4.79 Å². The minimum atomic E-state index is -0.468. The van der Waals surface area contributed by atoms with Crippen LogP contribution in [0.2, 0.25) is 0 Å². The lowest BCUT2D eigenvalue weighted by Gasteiger charge is -2.42. The van der Waals surface area contributed by atoms with Crippen LogP contribution in [0.4, 0.5) is 4.79 Å². The molecule has 2 fully saturated rings. The molecule has 26 heavy (non-hydrogen) atoms. The highest BCUT2D eigenvalue weighted by atomic mass is 16.6. The van der Waals surface area contributed by atoms with Crippen molar-refractivity contribution in [2.24, 2.45) is 5.73 Å². The standard InChI is InChI=1S/C20H38N2O4/c1-14-12-18(13-15(2)22(14)19(23)26-20(3,4)5)25-11-10-24-17-8-6-16(21)7-9-17/h14-18H,6-13,21H2,1-5H3/t14?,15?,16-,17-,18?. The summed E-state index contributed by atoms with van der Waals surface area (Å²) in [4.78, 5) is 14.3. The normalized spacial score (nSPS) is 33.2. The summed E-state index contributed by atoms with van der Waals surface area (Å²) < 4.78 is 17.5. The summed E-state index contributed by atoms with van der Waals surface area (Å²) in [6.07, 6.45) is 6.19. The van der Waals surface area contributed by atoms with Crippen molar-refractivity contribution in [3.63, 3.8) is 0 Å². The molecule has 2 unspecified atom stereocenters. The molecule has 0 radical (unpaired) electrons. The van der Waals surface area contributed by atoms with Crippen molar-refractivity contribution in [2.75, 3.05) is 13.2 Å². The number of nitrogens with zero attached hydrogens (tertiary/aromatic N) is 1. The quantitative estimate of drug-likeness (QED) is 0.750. The van der Waals surface area contributed by atoms with Crippen LogP contribution in [-0.4, -0.2) is 60.1 Å². The number of carbonyl (C=O) groups is 1. The van der Waals surface area contributed by atoms with E-state index >= 15 is 0 Å². The molecule has 1 aliphatic heterocycles. The fraction of sp³-hybridized carbons (Fsp3) is 0.950. The highest BCUT2D eigenvalue weighted by Crippen LogP contribution is 2.27. The topological polar surface area (TPSA) is 74.0 Å². The molecule has 0 bridgehead atoms. The lowest BCUT2D eigenvalue weighted by atomic mass is 9.94. The van der Waals surface area contributed by atoms with Gasteiger partial charge in [-0.2, -0.15) is 0 Å². The summed E-state index contributed by atoms with van der Waals surface area (Å²) in [6, 6.07) is 0.572. The zero-order valence-electron chi connectivity index (χ0n) is 17.2. The van der Waals surface area contributed by atoms with E-state index in [0.29, 0.717) is 25.4 Å². The monoisotopic (exact) mass is 370 g/mol. The summed E-state index contributed by atoms with van der Waals surface area (Å²) in [6.45, 7) is 11.1. The van der Waals surface area contributed by atoms with Crippen LogP contribution in [-0.2, 0) is 14.2 Å². The Morgan fingerprint density at radius 1 is 0.962 bits per heavy atom. The van der Waals surface area contributed by atoms with Gasteiger partial charge in [0.2, 0.25) is 0 Å². The first-order valence-corrected chi connectivity index (χ1v) is 10.2. The van der Waals surface area contributed by atoms with E-state index in [1.165, 1.54) is 0 Å². The predicted molar refractivity (Wildman–Crippen MR) is 102 cm³/mol. The van der Waals surface area contributed by atoms with Crippen LogP contribution >= 0.6 is 0 Å². The van der Waals surface area contributed by atoms with Gasteiger partial charge >= 0.3 is 6.09 Å². The van der Waals surface area contributed by atoms with Gasteiger partial charge < -0.3 is 24.8 Å². The molecular weight excluding hydrogens is 332 g/mol. The summed E-state index contributed by atoms with van der Waals surface area (Å²) in [7, 11) is 0. The molecular formula is C20H38N2O4. The molecule has 1 amide bonds. The average Bonchev–Trinajstić information content (AvgIpc) is 2.51. The van der Waals surface area contributed by atoms with E-state index in [4.69, 9.17) is 19.9 Å². The fourth-order valence-electron chi connectivity index (χ4n) is 4.01. The van der Waals surface area contributed by atoms with Gasteiger partial charge in [-0.25, -0.2) is 4.79 Å². The summed E-state index contributed by atoms with van der Waals surface area (Å²) in [5.41, 5.74) is 5.46. The number of hydrogen-bond donors (Lipinski definition) is 1. The van der Waals surface area contributed by atoms with Crippen molar-refractivity contribution < 1.29 is 19.0 Å². The first-order valence-electron chi connectivity index (χ1n) is 10.2. The molecule has 0 aromatic heterocycles.